The summed E-state index contributed by atoms with van der Waals surface area (Å²) >= 11 is 0. The fraction of sp³-hybridized carbons (Fsp3) is 0.400. The van der Waals surface area contributed by atoms with E-state index < -0.39 is 0 Å². The highest BCUT2D eigenvalue weighted by Crippen LogP contribution is 2.40. The van der Waals surface area contributed by atoms with E-state index in [0.717, 1.165) is 6.42 Å². The van der Waals surface area contributed by atoms with Crippen LogP contribution in [0.4, 0.5) is 0 Å². The van der Waals surface area contributed by atoms with Crippen molar-refractivity contribution in [2.45, 2.75) is 51.0 Å². The fourth-order valence-electron chi connectivity index (χ4n) is 3.40. The van der Waals surface area contributed by atoms with E-state index in [0.29, 0.717) is 5.92 Å². The number of nitrogens with two attached hydrogens (primary N) is 1. The Morgan fingerprint density at radius 2 is 1.67 bits per heavy atom. The minimum absolute atomic E-state index is 0.0997. The molecule has 1 aliphatic carbocycles. The molecule has 0 saturated heterocycles. The summed E-state index contributed by atoms with van der Waals surface area (Å²) in [6, 6.07) is 17.7. The zero-order chi connectivity index (χ0) is 15.0. The van der Waals surface area contributed by atoms with Crippen molar-refractivity contribution in [2.75, 3.05) is 0 Å². The quantitative estimate of drug-likeness (QED) is 0.846. The Hall–Kier alpha value is -1.60. The lowest BCUT2D eigenvalue weighted by Crippen LogP contribution is -2.19. The van der Waals surface area contributed by atoms with E-state index in [4.69, 9.17) is 5.73 Å². The zero-order valence-electron chi connectivity index (χ0n) is 13.3. The molecule has 2 unspecified atom stereocenters. The summed E-state index contributed by atoms with van der Waals surface area (Å²) in [5.74, 6) is 0.460. The molecule has 2 aromatic carbocycles. The minimum atomic E-state index is 0.0997. The molecule has 0 fully saturated rings. The first-order chi connectivity index (χ1) is 9.97. The van der Waals surface area contributed by atoms with Gasteiger partial charge in [0.05, 0.1) is 0 Å². The van der Waals surface area contributed by atoms with Crippen molar-refractivity contribution in [1.29, 1.82) is 0 Å². The third-order valence-electron chi connectivity index (χ3n) is 4.77. The Bertz CT molecular complexity index is 619. The molecule has 0 bridgehead atoms. The Morgan fingerprint density at radius 1 is 1.00 bits per heavy atom. The van der Waals surface area contributed by atoms with Crippen molar-refractivity contribution in [3.8, 4) is 0 Å². The van der Waals surface area contributed by atoms with Gasteiger partial charge >= 0.3 is 0 Å². The minimum Gasteiger partial charge on any atom is -0.323 e. The summed E-state index contributed by atoms with van der Waals surface area (Å²) in [5.41, 5.74) is 12.3. The van der Waals surface area contributed by atoms with Crippen LogP contribution in [-0.4, -0.2) is 0 Å². The third kappa shape index (κ3) is 2.75. The van der Waals surface area contributed by atoms with Crippen molar-refractivity contribution >= 4 is 0 Å². The van der Waals surface area contributed by atoms with Gasteiger partial charge in [-0.3, -0.25) is 0 Å². The van der Waals surface area contributed by atoms with Crippen LogP contribution in [0.15, 0.2) is 48.5 Å². The predicted octanol–water partition coefficient (Wildman–Crippen LogP) is 4.71. The monoisotopic (exact) mass is 279 g/mol. The average Bonchev–Trinajstić information content (AvgIpc) is 2.90. The van der Waals surface area contributed by atoms with Crippen molar-refractivity contribution < 1.29 is 0 Å². The molecule has 2 aromatic rings. The highest BCUT2D eigenvalue weighted by Gasteiger charge is 2.28. The second-order valence-electron chi connectivity index (χ2n) is 7.24. The van der Waals surface area contributed by atoms with E-state index in [1.165, 1.54) is 28.7 Å². The van der Waals surface area contributed by atoms with Gasteiger partial charge in [0.25, 0.3) is 0 Å². The third-order valence-corrected chi connectivity index (χ3v) is 4.77. The van der Waals surface area contributed by atoms with Crippen LogP contribution in [0.1, 0.15) is 61.4 Å². The van der Waals surface area contributed by atoms with E-state index in [2.05, 4.69) is 69.3 Å². The molecule has 0 radical (unpaired) electrons. The Kier molecular flexibility index (Phi) is 3.62. The molecule has 0 spiro atoms. The molecule has 0 heterocycles. The SMILES string of the molecule is CC(C)(C)c1ccc(C(N)C2CCc3ccccc32)cc1. The molecule has 1 aliphatic rings. The molecule has 21 heavy (non-hydrogen) atoms. The summed E-state index contributed by atoms with van der Waals surface area (Å²) in [6.45, 7) is 6.74. The lowest BCUT2D eigenvalue weighted by Gasteiger charge is -2.23. The molecule has 3 rings (SSSR count). The summed E-state index contributed by atoms with van der Waals surface area (Å²) in [5, 5.41) is 0. The Labute approximate surface area is 128 Å². The van der Waals surface area contributed by atoms with Gasteiger partial charge in [-0.05, 0) is 40.5 Å². The van der Waals surface area contributed by atoms with Crippen LogP contribution in [-0.2, 0) is 11.8 Å². The smallest absolute Gasteiger partial charge is 0.0364 e. The maximum Gasteiger partial charge on any atom is 0.0364 e. The van der Waals surface area contributed by atoms with Gasteiger partial charge in [-0.25, -0.2) is 0 Å². The predicted molar refractivity (Wildman–Crippen MR) is 89.6 cm³/mol. The maximum absolute atomic E-state index is 6.57. The summed E-state index contributed by atoms with van der Waals surface area (Å²) in [4.78, 5) is 0. The maximum atomic E-state index is 6.57. The molecule has 0 amide bonds. The number of benzene rings is 2. The Morgan fingerprint density at radius 3 is 2.33 bits per heavy atom. The van der Waals surface area contributed by atoms with Crippen molar-refractivity contribution in [1.82, 2.24) is 0 Å². The van der Waals surface area contributed by atoms with E-state index in [9.17, 15) is 0 Å². The van der Waals surface area contributed by atoms with Crippen LogP contribution in [0.2, 0.25) is 0 Å². The van der Waals surface area contributed by atoms with Gasteiger partial charge in [0, 0.05) is 12.0 Å². The van der Waals surface area contributed by atoms with Crippen LogP contribution in [0.25, 0.3) is 0 Å². The van der Waals surface area contributed by atoms with Gasteiger partial charge in [-0.2, -0.15) is 0 Å². The lowest BCUT2D eigenvalue weighted by molar-refractivity contribution is 0.548. The Balaban J connectivity index is 1.85. The van der Waals surface area contributed by atoms with Crippen LogP contribution < -0.4 is 5.73 Å². The van der Waals surface area contributed by atoms with Crippen molar-refractivity contribution in [3.05, 3.63) is 70.8 Å². The molecule has 0 saturated carbocycles. The standard InChI is InChI=1S/C20H25N/c1-20(2,3)16-11-8-15(9-12-16)19(21)18-13-10-14-6-4-5-7-17(14)18/h4-9,11-12,18-19H,10,13,21H2,1-3H3. The summed E-state index contributed by atoms with van der Waals surface area (Å²) in [7, 11) is 0. The molecule has 1 heteroatoms. The van der Waals surface area contributed by atoms with E-state index in [1.54, 1.807) is 0 Å². The first kappa shape index (κ1) is 14.3. The second-order valence-corrected chi connectivity index (χ2v) is 7.24. The normalized spacial score (nSPS) is 19.3. The van der Waals surface area contributed by atoms with Gasteiger partial charge in [0.1, 0.15) is 0 Å². The van der Waals surface area contributed by atoms with Crippen molar-refractivity contribution in [3.63, 3.8) is 0 Å². The number of rotatable bonds is 2. The van der Waals surface area contributed by atoms with Gasteiger partial charge in [0.2, 0.25) is 0 Å². The molecule has 0 aromatic heterocycles. The van der Waals surface area contributed by atoms with Crippen LogP contribution in [0, 0.1) is 0 Å². The zero-order valence-corrected chi connectivity index (χ0v) is 13.3. The molecule has 2 atom stereocenters. The van der Waals surface area contributed by atoms with Gasteiger partial charge in [0.15, 0.2) is 0 Å². The van der Waals surface area contributed by atoms with E-state index in [-0.39, 0.29) is 11.5 Å². The van der Waals surface area contributed by atoms with Gasteiger partial charge in [-0.15, -0.1) is 0 Å². The molecule has 0 aliphatic heterocycles. The molecule has 110 valence electrons. The first-order valence-corrected chi connectivity index (χ1v) is 7.90. The fourth-order valence-corrected chi connectivity index (χ4v) is 3.40. The molecule has 1 nitrogen and oxygen atoms in total. The number of hydrogen-bond donors (Lipinski definition) is 1. The highest BCUT2D eigenvalue weighted by atomic mass is 14.7. The number of aryl methyl sites for hydroxylation is 1. The second kappa shape index (κ2) is 5.31. The highest BCUT2D eigenvalue weighted by molar-refractivity contribution is 5.39. The van der Waals surface area contributed by atoms with Gasteiger partial charge in [-0.1, -0.05) is 69.3 Å². The molecule has 2 N–H and O–H groups in total. The first-order valence-electron chi connectivity index (χ1n) is 7.90. The molecular weight excluding hydrogens is 254 g/mol. The summed E-state index contributed by atoms with van der Waals surface area (Å²) < 4.78 is 0. The summed E-state index contributed by atoms with van der Waals surface area (Å²) in [6.07, 6.45) is 2.33. The topological polar surface area (TPSA) is 26.0 Å². The van der Waals surface area contributed by atoms with Crippen LogP contribution in [0.5, 0.6) is 0 Å². The largest absolute Gasteiger partial charge is 0.323 e. The number of hydrogen-bond acceptors (Lipinski definition) is 1. The van der Waals surface area contributed by atoms with Gasteiger partial charge < -0.3 is 5.73 Å². The van der Waals surface area contributed by atoms with Crippen LogP contribution in [0.3, 0.4) is 0 Å². The van der Waals surface area contributed by atoms with Crippen LogP contribution >= 0.6 is 0 Å². The average molecular weight is 279 g/mol. The number of fused-ring (bicyclic) bond motifs is 1. The van der Waals surface area contributed by atoms with E-state index in [1.807, 2.05) is 0 Å². The lowest BCUT2D eigenvalue weighted by atomic mass is 9.84. The van der Waals surface area contributed by atoms with Crippen molar-refractivity contribution in [2.24, 2.45) is 5.73 Å². The molecular formula is C20H25N. The van der Waals surface area contributed by atoms with E-state index >= 15 is 0 Å².